The van der Waals surface area contributed by atoms with Crippen LogP contribution in [-0.4, -0.2) is 28.5 Å². The van der Waals surface area contributed by atoms with E-state index in [1.807, 2.05) is 24.4 Å². The molecular weight excluding hydrogens is 442 g/mol. The Bertz CT molecular complexity index is 958. The lowest BCUT2D eigenvalue weighted by Crippen LogP contribution is -2.40. The molecule has 2 aromatic heterocycles. The Labute approximate surface area is 185 Å². The molecule has 3 rings (SSSR count). The molecule has 0 spiro atoms. The standard InChI is InChI=1S/C19H18Cl2N4O.2ClH/c20-16-5-3-12(9-17(16)21)8-14(10-22)25-18(26)6-4-13-11-24-19-15(13)2-1-7-23-19;;/h1-7,9,11,14H,8,10,22H2,(H,23,24)(H,25,26);2*1H/t14-;;/m0../s1. The summed E-state index contributed by atoms with van der Waals surface area (Å²) in [5, 5.41) is 4.85. The summed E-state index contributed by atoms with van der Waals surface area (Å²) in [6, 6.07) is 9.00. The van der Waals surface area contributed by atoms with Gasteiger partial charge in [0.05, 0.1) is 10.0 Å². The number of H-pyrrole nitrogens is 1. The third-order valence-electron chi connectivity index (χ3n) is 3.99. The number of aromatic amines is 1. The summed E-state index contributed by atoms with van der Waals surface area (Å²) in [5.41, 5.74) is 8.44. The number of nitrogens with one attached hydrogen (secondary N) is 2. The molecule has 28 heavy (non-hydrogen) atoms. The van der Waals surface area contributed by atoms with Crippen LogP contribution in [0.1, 0.15) is 11.1 Å². The molecule has 0 saturated heterocycles. The van der Waals surface area contributed by atoms with Crippen molar-refractivity contribution in [1.82, 2.24) is 15.3 Å². The van der Waals surface area contributed by atoms with Crippen molar-refractivity contribution in [2.75, 3.05) is 6.54 Å². The summed E-state index contributed by atoms with van der Waals surface area (Å²) in [5.74, 6) is -0.209. The van der Waals surface area contributed by atoms with Crippen molar-refractivity contribution < 1.29 is 4.79 Å². The SMILES string of the molecule is Cl.Cl.NC[C@H](Cc1ccc(Cl)c(Cl)c1)NC(=O)C=Cc1c[nH]c2ncccc12. The summed E-state index contributed by atoms with van der Waals surface area (Å²) in [7, 11) is 0. The van der Waals surface area contributed by atoms with E-state index in [-0.39, 0.29) is 36.8 Å². The van der Waals surface area contributed by atoms with Crippen molar-refractivity contribution in [1.29, 1.82) is 0 Å². The normalized spacial score (nSPS) is 11.7. The van der Waals surface area contributed by atoms with Crippen molar-refractivity contribution >= 4 is 71.0 Å². The Morgan fingerprint density at radius 1 is 1.25 bits per heavy atom. The number of nitrogens with zero attached hydrogens (tertiary/aromatic N) is 1. The highest BCUT2D eigenvalue weighted by atomic mass is 35.5. The number of carbonyl (C=O) groups is 1. The summed E-state index contributed by atoms with van der Waals surface area (Å²) >= 11 is 12.0. The van der Waals surface area contributed by atoms with Gasteiger partial charge in [-0.1, -0.05) is 29.3 Å². The number of rotatable bonds is 6. The minimum atomic E-state index is -0.209. The lowest BCUT2D eigenvalue weighted by atomic mass is 10.1. The van der Waals surface area contributed by atoms with Crippen LogP contribution < -0.4 is 11.1 Å². The summed E-state index contributed by atoms with van der Waals surface area (Å²) < 4.78 is 0. The van der Waals surface area contributed by atoms with Gasteiger partial charge in [0, 0.05) is 42.0 Å². The summed E-state index contributed by atoms with van der Waals surface area (Å²) in [4.78, 5) is 19.5. The first kappa shape index (κ1) is 24.3. The smallest absolute Gasteiger partial charge is 0.244 e. The lowest BCUT2D eigenvalue weighted by Gasteiger charge is -2.16. The van der Waals surface area contributed by atoms with Gasteiger partial charge in [-0.3, -0.25) is 4.79 Å². The molecule has 0 saturated carbocycles. The highest BCUT2D eigenvalue weighted by molar-refractivity contribution is 6.42. The Kier molecular flexibility index (Phi) is 9.79. The molecule has 0 aliphatic carbocycles. The van der Waals surface area contributed by atoms with E-state index in [1.54, 1.807) is 24.4 Å². The number of hydrogen-bond acceptors (Lipinski definition) is 3. The van der Waals surface area contributed by atoms with Gasteiger partial charge in [0.2, 0.25) is 5.91 Å². The minimum Gasteiger partial charge on any atom is -0.348 e. The second-order valence-corrected chi connectivity index (χ2v) is 6.69. The molecule has 1 atom stereocenters. The fraction of sp³-hybridized carbons (Fsp3) is 0.158. The number of fused-ring (bicyclic) bond motifs is 1. The maximum absolute atomic E-state index is 12.2. The lowest BCUT2D eigenvalue weighted by molar-refractivity contribution is -0.117. The van der Waals surface area contributed by atoms with Gasteiger partial charge in [-0.2, -0.15) is 0 Å². The zero-order chi connectivity index (χ0) is 18.5. The minimum absolute atomic E-state index is 0. The Morgan fingerprint density at radius 3 is 2.75 bits per heavy atom. The molecule has 3 aromatic rings. The Hall–Kier alpha value is -1.76. The number of halogens is 4. The van der Waals surface area contributed by atoms with E-state index < -0.39 is 0 Å². The zero-order valence-corrected chi connectivity index (χ0v) is 17.8. The van der Waals surface area contributed by atoms with Gasteiger partial charge in [0.1, 0.15) is 5.65 Å². The van der Waals surface area contributed by atoms with E-state index >= 15 is 0 Å². The van der Waals surface area contributed by atoms with Crippen molar-refractivity contribution in [3.63, 3.8) is 0 Å². The largest absolute Gasteiger partial charge is 0.348 e. The van der Waals surface area contributed by atoms with Gasteiger partial charge in [-0.25, -0.2) is 4.98 Å². The molecule has 4 N–H and O–H groups in total. The van der Waals surface area contributed by atoms with Crippen LogP contribution in [0.5, 0.6) is 0 Å². The highest BCUT2D eigenvalue weighted by Gasteiger charge is 2.11. The van der Waals surface area contributed by atoms with Gasteiger partial charge in [-0.05, 0) is 42.3 Å². The Balaban J connectivity index is 0.00000196. The van der Waals surface area contributed by atoms with Gasteiger partial charge < -0.3 is 16.0 Å². The fourth-order valence-electron chi connectivity index (χ4n) is 2.67. The molecule has 5 nitrogen and oxygen atoms in total. The van der Waals surface area contributed by atoms with Crippen LogP contribution in [0.2, 0.25) is 10.0 Å². The molecule has 1 amide bonds. The second-order valence-electron chi connectivity index (χ2n) is 5.87. The van der Waals surface area contributed by atoms with Gasteiger partial charge >= 0.3 is 0 Å². The van der Waals surface area contributed by atoms with E-state index in [4.69, 9.17) is 28.9 Å². The monoisotopic (exact) mass is 460 g/mol. The molecule has 2 heterocycles. The van der Waals surface area contributed by atoms with E-state index in [0.717, 1.165) is 22.2 Å². The first-order chi connectivity index (χ1) is 12.6. The molecule has 0 fully saturated rings. The number of nitrogens with two attached hydrogens (primary N) is 1. The van der Waals surface area contributed by atoms with Gasteiger partial charge in [0.15, 0.2) is 0 Å². The molecule has 0 radical (unpaired) electrons. The predicted molar refractivity (Wildman–Crippen MR) is 121 cm³/mol. The van der Waals surface area contributed by atoms with Gasteiger partial charge in [-0.15, -0.1) is 24.8 Å². The van der Waals surface area contributed by atoms with Crippen molar-refractivity contribution in [2.24, 2.45) is 5.73 Å². The molecule has 9 heteroatoms. The fourth-order valence-corrected chi connectivity index (χ4v) is 2.99. The average molecular weight is 462 g/mol. The van der Waals surface area contributed by atoms with Crippen LogP contribution in [0.3, 0.4) is 0 Å². The van der Waals surface area contributed by atoms with E-state index in [1.165, 1.54) is 6.08 Å². The predicted octanol–water partition coefficient (Wildman–Crippen LogP) is 4.41. The van der Waals surface area contributed by atoms with Gasteiger partial charge in [0.25, 0.3) is 0 Å². The van der Waals surface area contributed by atoms with Crippen LogP contribution in [0.4, 0.5) is 0 Å². The molecule has 150 valence electrons. The average Bonchev–Trinajstić information content (AvgIpc) is 3.05. The van der Waals surface area contributed by atoms with Crippen LogP contribution in [-0.2, 0) is 11.2 Å². The number of carbonyl (C=O) groups excluding carboxylic acids is 1. The molecule has 1 aromatic carbocycles. The maximum atomic E-state index is 12.2. The van der Waals surface area contributed by atoms with Crippen molar-refractivity contribution in [2.45, 2.75) is 12.5 Å². The zero-order valence-electron chi connectivity index (χ0n) is 14.7. The molecular formula is C19H20Cl4N4O. The highest BCUT2D eigenvalue weighted by Crippen LogP contribution is 2.23. The van der Waals surface area contributed by atoms with Crippen molar-refractivity contribution in [3.05, 3.63) is 70.0 Å². The van der Waals surface area contributed by atoms with Crippen LogP contribution in [0.25, 0.3) is 17.1 Å². The topological polar surface area (TPSA) is 83.8 Å². The summed E-state index contributed by atoms with van der Waals surface area (Å²) in [6.45, 7) is 0.316. The first-order valence-electron chi connectivity index (χ1n) is 8.11. The van der Waals surface area contributed by atoms with E-state index in [2.05, 4.69) is 15.3 Å². The van der Waals surface area contributed by atoms with Crippen LogP contribution >= 0.6 is 48.0 Å². The number of hydrogen-bond donors (Lipinski definition) is 3. The van der Waals surface area contributed by atoms with E-state index in [0.29, 0.717) is 23.0 Å². The van der Waals surface area contributed by atoms with Crippen LogP contribution in [0.15, 0.2) is 48.8 Å². The number of pyridine rings is 1. The third-order valence-corrected chi connectivity index (χ3v) is 4.73. The number of amides is 1. The molecule has 0 bridgehead atoms. The molecule has 0 unspecified atom stereocenters. The van der Waals surface area contributed by atoms with Crippen molar-refractivity contribution in [3.8, 4) is 0 Å². The molecule has 0 aliphatic heterocycles. The first-order valence-corrected chi connectivity index (χ1v) is 8.87. The second kappa shape index (κ2) is 11.3. The van der Waals surface area contributed by atoms with Crippen LogP contribution in [0, 0.1) is 0 Å². The quantitative estimate of drug-likeness (QED) is 0.475. The maximum Gasteiger partial charge on any atom is 0.244 e. The third kappa shape index (κ3) is 6.12. The number of aromatic nitrogens is 2. The summed E-state index contributed by atoms with van der Waals surface area (Å²) in [6.07, 6.45) is 7.35. The van der Waals surface area contributed by atoms with E-state index in [9.17, 15) is 4.79 Å². The number of benzene rings is 1. The Morgan fingerprint density at radius 2 is 2.04 bits per heavy atom. The molecule has 0 aliphatic rings.